The van der Waals surface area contributed by atoms with Crippen molar-refractivity contribution in [3.05, 3.63) is 72.6 Å². The summed E-state index contributed by atoms with van der Waals surface area (Å²) in [6, 6.07) is 15.4. The van der Waals surface area contributed by atoms with Gasteiger partial charge in [-0.2, -0.15) is 0 Å². The molecule has 0 aromatic heterocycles. The average molecular weight is 531 g/mol. The summed E-state index contributed by atoms with van der Waals surface area (Å²) in [6.07, 6.45) is 6.91. The molecule has 2 aromatic rings. The van der Waals surface area contributed by atoms with Crippen molar-refractivity contribution in [2.75, 3.05) is 55.4 Å². The van der Waals surface area contributed by atoms with E-state index >= 15 is 0 Å². The smallest absolute Gasteiger partial charge is 0.226 e. The lowest BCUT2D eigenvalue weighted by Crippen LogP contribution is -2.51. The quantitative estimate of drug-likeness (QED) is 0.378. The van der Waals surface area contributed by atoms with E-state index in [1.54, 1.807) is 31.5 Å². The van der Waals surface area contributed by atoms with Gasteiger partial charge in [0.1, 0.15) is 5.82 Å². The molecule has 2 fully saturated rings. The monoisotopic (exact) mass is 530 g/mol. The maximum absolute atomic E-state index is 12.5. The number of ether oxygens (including phenoxy) is 1. The Morgan fingerprint density at radius 2 is 1.67 bits per heavy atom. The molecule has 0 radical (unpaired) electrons. The summed E-state index contributed by atoms with van der Waals surface area (Å²) in [5.74, 6) is 0.997. The molecule has 0 atom stereocenters. The number of nitrogens with one attached hydrogen (secondary N) is 2. The summed E-state index contributed by atoms with van der Waals surface area (Å²) < 4.78 is 4.91. The van der Waals surface area contributed by atoms with E-state index in [0.29, 0.717) is 36.1 Å². The molecule has 0 bridgehead atoms. The summed E-state index contributed by atoms with van der Waals surface area (Å²) in [6.45, 7) is 7.62. The highest BCUT2D eigenvalue weighted by atomic mass is 16.5. The molecule has 9 heteroatoms. The number of carbonyl (C=O) groups is 2. The number of anilines is 3. The first-order chi connectivity index (χ1) is 18.9. The van der Waals surface area contributed by atoms with Gasteiger partial charge in [0.2, 0.25) is 11.8 Å². The molecule has 2 amide bonds. The molecule has 0 spiro atoms. The van der Waals surface area contributed by atoms with Gasteiger partial charge in [-0.1, -0.05) is 25.1 Å². The minimum Gasteiger partial charge on any atom is -0.398 e. The number of aliphatic imine (C=N–C) groups is 1. The molecule has 4 rings (SSSR count). The van der Waals surface area contributed by atoms with Crippen LogP contribution in [0, 0.1) is 5.92 Å². The van der Waals surface area contributed by atoms with Crippen LogP contribution in [-0.4, -0.2) is 62.8 Å². The minimum atomic E-state index is -0.101. The van der Waals surface area contributed by atoms with Gasteiger partial charge >= 0.3 is 0 Å². The van der Waals surface area contributed by atoms with Crippen LogP contribution in [0.2, 0.25) is 0 Å². The van der Waals surface area contributed by atoms with Crippen LogP contribution in [0.25, 0.3) is 5.70 Å². The zero-order valence-corrected chi connectivity index (χ0v) is 22.6. The standard InChI is InChI=1S/C30H38N6O3/c1-22(32-16-14-28(31)23-6-8-26(9-7-23)34-29(37)15-21-39-2)33-25-10-12-27(13-11-25)35-17-19-36(20-18-35)30(38)24-4-3-5-24/h6-14,16,24,33H,1,3-5,15,17-21,31H2,2H3,(H,34,37)/b28-14-,32-16-. The predicted molar refractivity (Wildman–Crippen MR) is 158 cm³/mol. The molecular weight excluding hydrogens is 492 g/mol. The number of allylic oxidation sites excluding steroid dienone is 1. The first-order valence-corrected chi connectivity index (χ1v) is 13.4. The van der Waals surface area contributed by atoms with Gasteiger partial charge < -0.3 is 30.9 Å². The van der Waals surface area contributed by atoms with Crippen molar-refractivity contribution >= 4 is 40.8 Å². The number of carbonyl (C=O) groups excluding carboxylic acids is 2. The lowest BCUT2D eigenvalue weighted by Gasteiger charge is -2.39. The average Bonchev–Trinajstić information content (AvgIpc) is 2.92. The lowest BCUT2D eigenvalue weighted by atomic mass is 9.84. The van der Waals surface area contributed by atoms with E-state index < -0.39 is 0 Å². The van der Waals surface area contributed by atoms with Crippen LogP contribution in [0.1, 0.15) is 31.2 Å². The number of nitrogens with zero attached hydrogens (tertiary/aromatic N) is 3. The molecule has 1 saturated carbocycles. The van der Waals surface area contributed by atoms with Gasteiger partial charge in [0.05, 0.1) is 13.0 Å². The Morgan fingerprint density at radius 3 is 2.28 bits per heavy atom. The Kier molecular flexibility index (Phi) is 9.74. The van der Waals surface area contributed by atoms with Crippen molar-refractivity contribution in [1.29, 1.82) is 0 Å². The first-order valence-electron chi connectivity index (χ1n) is 13.4. The SMILES string of the molecule is C=C(/N=C\C=C(/N)c1ccc(NC(=O)CCOC)cc1)Nc1ccc(N2CCN(C(=O)C3CCC3)CC2)cc1. The second-order valence-corrected chi connectivity index (χ2v) is 9.83. The zero-order valence-electron chi connectivity index (χ0n) is 22.6. The summed E-state index contributed by atoms with van der Waals surface area (Å²) in [5, 5.41) is 6.01. The molecule has 2 aromatic carbocycles. The van der Waals surface area contributed by atoms with E-state index in [1.165, 1.54) is 6.42 Å². The third-order valence-electron chi connectivity index (χ3n) is 7.09. The van der Waals surface area contributed by atoms with Crippen molar-refractivity contribution in [1.82, 2.24) is 4.90 Å². The maximum Gasteiger partial charge on any atom is 0.226 e. The Labute approximate surface area is 230 Å². The fraction of sp³-hybridized carbons (Fsp3) is 0.367. The second-order valence-electron chi connectivity index (χ2n) is 9.83. The molecule has 1 aliphatic carbocycles. The summed E-state index contributed by atoms with van der Waals surface area (Å²) in [4.78, 5) is 33.0. The van der Waals surface area contributed by atoms with Crippen LogP contribution in [0.3, 0.4) is 0 Å². The number of rotatable bonds is 11. The molecule has 2 aliphatic rings. The largest absolute Gasteiger partial charge is 0.398 e. The van der Waals surface area contributed by atoms with Crippen LogP contribution in [0.5, 0.6) is 0 Å². The topological polar surface area (TPSA) is 112 Å². The number of piperazine rings is 1. The molecule has 206 valence electrons. The Bertz CT molecular complexity index is 1190. The van der Waals surface area contributed by atoms with Crippen molar-refractivity contribution in [2.24, 2.45) is 16.6 Å². The molecule has 0 unspecified atom stereocenters. The molecule has 4 N–H and O–H groups in total. The van der Waals surface area contributed by atoms with Crippen molar-refractivity contribution < 1.29 is 14.3 Å². The van der Waals surface area contributed by atoms with E-state index in [9.17, 15) is 9.59 Å². The highest BCUT2D eigenvalue weighted by Gasteiger charge is 2.31. The summed E-state index contributed by atoms with van der Waals surface area (Å²) in [7, 11) is 1.56. The minimum absolute atomic E-state index is 0.101. The number of amides is 2. The van der Waals surface area contributed by atoms with Gasteiger partial charge in [0.15, 0.2) is 0 Å². The van der Waals surface area contributed by atoms with Crippen LogP contribution < -0.4 is 21.3 Å². The number of methoxy groups -OCH3 is 1. The van der Waals surface area contributed by atoms with Crippen LogP contribution in [0.4, 0.5) is 17.1 Å². The predicted octanol–water partition coefficient (Wildman–Crippen LogP) is 4.06. The van der Waals surface area contributed by atoms with Gasteiger partial charge in [0.25, 0.3) is 0 Å². The van der Waals surface area contributed by atoms with E-state index in [2.05, 4.69) is 39.2 Å². The van der Waals surface area contributed by atoms with E-state index in [1.807, 2.05) is 29.2 Å². The molecule has 39 heavy (non-hydrogen) atoms. The fourth-order valence-electron chi connectivity index (χ4n) is 4.52. The fourth-order valence-corrected chi connectivity index (χ4v) is 4.52. The summed E-state index contributed by atoms with van der Waals surface area (Å²) in [5.41, 5.74) is 10.3. The molecular formula is C30H38N6O3. The van der Waals surface area contributed by atoms with E-state index in [4.69, 9.17) is 10.5 Å². The first kappa shape index (κ1) is 27.9. The van der Waals surface area contributed by atoms with Gasteiger partial charge in [-0.3, -0.25) is 9.59 Å². The van der Waals surface area contributed by atoms with Gasteiger partial charge in [0, 0.05) is 68.2 Å². The molecule has 1 saturated heterocycles. The number of hydrogen-bond donors (Lipinski definition) is 3. The Morgan fingerprint density at radius 1 is 1.03 bits per heavy atom. The summed E-state index contributed by atoms with van der Waals surface area (Å²) >= 11 is 0. The van der Waals surface area contributed by atoms with Gasteiger partial charge in [-0.05, 0) is 60.9 Å². The van der Waals surface area contributed by atoms with Crippen LogP contribution in [-0.2, 0) is 14.3 Å². The van der Waals surface area contributed by atoms with Crippen molar-refractivity contribution in [3.8, 4) is 0 Å². The van der Waals surface area contributed by atoms with Crippen LogP contribution >= 0.6 is 0 Å². The second kappa shape index (κ2) is 13.6. The lowest BCUT2D eigenvalue weighted by molar-refractivity contribution is -0.138. The number of hydrogen-bond acceptors (Lipinski definition) is 7. The highest BCUT2D eigenvalue weighted by molar-refractivity contribution is 5.91. The Hall–Kier alpha value is -4.11. The Balaban J connectivity index is 1.22. The third-order valence-corrected chi connectivity index (χ3v) is 7.09. The number of nitrogens with two attached hydrogens (primary N) is 1. The normalized spacial score (nSPS) is 16.2. The zero-order chi connectivity index (χ0) is 27.6. The highest BCUT2D eigenvalue weighted by Crippen LogP contribution is 2.29. The van der Waals surface area contributed by atoms with E-state index in [0.717, 1.165) is 56.0 Å². The van der Waals surface area contributed by atoms with Crippen LogP contribution in [0.15, 0.2) is 72.0 Å². The van der Waals surface area contributed by atoms with Crippen molar-refractivity contribution in [3.63, 3.8) is 0 Å². The van der Waals surface area contributed by atoms with E-state index in [-0.39, 0.29) is 11.8 Å². The molecule has 1 aliphatic heterocycles. The van der Waals surface area contributed by atoms with Gasteiger partial charge in [-0.15, -0.1) is 0 Å². The van der Waals surface area contributed by atoms with Gasteiger partial charge in [-0.25, -0.2) is 4.99 Å². The third kappa shape index (κ3) is 7.94. The number of benzene rings is 2. The van der Waals surface area contributed by atoms with Crippen molar-refractivity contribution in [2.45, 2.75) is 25.7 Å². The maximum atomic E-state index is 12.5. The molecule has 1 heterocycles. The molecule has 9 nitrogen and oxygen atoms in total.